The molecule has 0 radical (unpaired) electrons. The van der Waals surface area contributed by atoms with Gasteiger partial charge >= 0.3 is 5.97 Å². The zero-order valence-electron chi connectivity index (χ0n) is 22.5. The number of carbonyl (C=O) groups is 1. The number of allylic oxidation sites excluding steroid dienone is 1. The number of fused-ring (bicyclic) bond motifs is 3. The van der Waals surface area contributed by atoms with Crippen LogP contribution in [-0.2, 0) is 11.2 Å². The van der Waals surface area contributed by atoms with Crippen LogP contribution in [0.25, 0.3) is 11.8 Å². The molecule has 1 aliphatic carbocycles. The molecule has 2 heterocycles. The van der Waals surface area contributed by atoms with Gasteiger partial charge in [0.1, 0.15) is 0 Å². The van der Waals surface area contributed by atoms with Crippen molar-refractivity contribution in [1.82, 2.24) is 4.57 Å². The number of ether oxygens (including phenoxy) is 3. The Bertz CT molecular complexity index is 1830. The van der Waals surface area contributed by atoms with Gasteiger partial charge in [-0.2, -0.15) is 0 Å². The standard InChI is InChI=1S/C32H28N2O5S/c1-4-39-25-16-9-19(17-26(25)37-2)18-27-30(35)34-29(21-10-12-22(13-11-21)31(36)38-3)24-15-14-20-7-5-6-8-23(20)28(24)33-32(34)40-27/h5-13,16-18,29H,4,14-15H2,1-3H3. The molecule has 2 aliphatic rings. The van der Waals surface area contributed by atoms with E-state index in [4.69, 9.17) is 19.2 Å². The van der Waals surface area contributed by atoms with Gasteiger partial charge in [0, 0.05) is 5.56 Å². The lowest BCUT2D eigenvalue weighted by Gasteiger charge is -2.30. The van der Waals surface area contributed by atoms with E-state index in [1.165, 1.54) is 24.0 Å². The topological polar surface area (TPSA) is 79.1 Å². The highest BCUT2D eigenvalue weighted by molar-refractivity contribution is 7.07. The summed E-state index contributed by atoms with van der Waals surface area (Å²) in [6, 6.07) is 20.9. The number of thiazole rings is 1. The lowest BCUT2D eigenvalue weighted by molar-refractivity contribution is 0.0600. The third-order valence-corrected chi connectivity index (χ3v) is 8.29. The van der Waals surface area contributed by atoms with Crippen molar-refractivity contribution in [3.05, 3.63) is 120 Å². The van der Waals surface area contributed by atoms with Crippen LogP contribution >= 0.6 is 11.3 Å². The van der Waals surface area contributed by atoms with Gasteiger partial charge in [0.25, 0.3) is 5.56 Å². The number of methoxy groups -OCH3 is 2. The Morgan fingerprint density at radius 3 is 2.60 bits per heavy atom. The minimum atomic E-state index is -0.396. The van der Waals surface area contributed by atoms with E-state index < -0.39 is 5.97 Å². The van der Waals surface area contributed by atoms with Crippen molar-refractivity contribution >= 4 is 29.1 Å². The normalized spacial score (nSPS) is 16.0. The minimum Gasteiger partial charge on any atom is -0.493 e. The molecule has 8 heteroatoms. The van der Waals surface area contributed by atoms with Gasteiger partial charge < -0.3 is 14.2 Å². The summed E-state index contributed by atoms with van der Waals surface area (Å²) in [7, 11) is 2.97. The molecule has 4 aromatic rings. The Morgan fingerprint density at radius 2 is 1.85 bits per heavy atom. The molecule has 40 heavy (non-hydrogen) atoms. The van der Waals surface area contributed by atoms with Gasteiger partial charge in [0.15, 0.2) is 16.3 Å². The van der Waals surface area contributed by atoms with Crippen molar-refractivity contribution in [1.29, 1.82) is 0 Å². The first-order chi connectivity index (χ1) is 19.5. The summed E-state index contributed by atoms with van der Waals surface area (Å²) in [5.74, 6) is 0.872. The highest BCUT2D eigenvalue weighted by Gasteiger charge is 2.32. The van der Waals surface area contributed by atoms with Gasteiger partial charge in [0.2, 0.25) is 0 Å². The second kappa shape index (κ2) is 10.6. The fourth-order valence-electron chi connectivity index (χ4n) is 5.44. The SMILES string of the molecule is CCOc1ccc(C=c2sc3n(c2=O)C(c2ccc(C(=O)OC)cc2)C2=C(N=3)c3ccccc3CC2)cc1OC. The lowest BCUT2D eigenvalue weighted by Crippen LogP contribution is -2.38. The largest absolute Gasteiger partial charge is 0.493 e. The molecule has 0 saturated heterocycles. The third-order valence-electron chi connectivity index (χ3n) is 7.31. The van der Waals surface area contributed by atoms with E-state index in [2.05, 4.69) is 18.2 Å². The number of nitrogens with zero attached hydrogens (tertiary/aromatic N) is 2. The fraction of sp³-hybridized carbons (Fsp3) is 0.219. The van der Waals surface area contributed by atoms with Crippen LogP contribution in [0.5, 0.6) is 11.5 Å². The van der Waals surface area contributed by atoms with Crippen molar-refractivity contribution < 1.29 is 19.0 Å². The van der Waals surface area contributed by atoms with E-state index in [-0.39, 0.29) is 11.6 Å². The van der Waals surface area contributed by atoms with Crippen LogP contribution in [0, 0.1) is 0 Å². The van der Waals surface area contributed by atoms with Crippen molar-refractivity contribution in [2.45, 2.75) is 25.8 Å². The number of hydrogen-bond donors (Lipinski definition) is 0. The lowest BCUT2D eigenvalue weighted by atomic mass is 9.83. The van der Waals surface area contributed by atoms with Crippen LogP contribution < -0.4 is 24.4 Å². The molecule has 6 rings (SSSR count). The first-order valence-electron chi connectivity index (χ1n) is 13.1. The highest BCUT2D eigenvalue weighted by Crippen LogP contribution is 2.41. The van der Waals surface area contributed by atoms with Crippen molar-refractivity contribution in [3.63, 3.8) is 0 Å². The molecular formula is C32H28N2O5S. The Kier molecular flexibility index (Phi) is 6.86. The van der Waals surface area contributed by atoms with Crippen molar-refractivity contribution in [2.24, 2.45) is 4.99 Å². The summed E-state index contributed by atoms with van der Waals surface area (Å²) in [4.78, 5) is 31.8. The van der Waals surface area contributed by atoms with Crippen LogP contribution in [0.3, 0.4) is 0 Å². The van der Waals surface area contributed by atoms with Crippen LogP contribution in [0.4, 0.5) is 0 Å². The number of hydrogen-bond acceptors (Lipinski definition) is 7. The molecule has 0 bridgehead atoms. The van der Waals surface area contributed by atoms with Gasteiger partial charge in [-0.15, -0.1) is 0 Å². The predicted molar refractivity (Wildman–Crippen MR) is 155 cm³/mol. The number of aryl methyl sites for hydroxylation is 1. The Hall–Kier alpha value is -4.43. The Morgan fingerprint density at radius 1 is 1.05 bits per heavy atom. The van der Waals surface area contributed by atoms with Gasteiger partial charge in [-0.05, 0) is 72.4 Å². The summed E-state index contributed by atoms with van der Waals surface area (Å²) in [6.07, 6.45) is 3.53. The maximum atomic E-state index is 14.0. The number of esters is 1. The zero-order valence-corrected chi connectivity index (χ0v) is 23.3. The summed E-state index contributed by atoms with van der Waals surface area (Å²) >= 11 is 1.37. The molecule has 0 saturated carbocycles. The molecule has 1 atom stereocenters. The molecule has 1 unspecified atom stereocenters. The molecule has 202 valence electrons. The summed E-state index contributed by atoms with van der Waals surface area (Å²) in [6.45, 7) is 2.45. The quantitative estimate of drug-likeness (QED) is 0.329. The van der Waals surface area contributed by atoms with Crippen LogP contribution in [0.2, 0.25) is 0 Å². The molecule has 1 aromatic heterocycles. The second-order valence-electron chi connectivity index (χ2n) is 9.57. The molecule has 1 aliphatic heterocycles. The fourth-order valence-corrected chi connectivity index (χ4v) is 6.44. The molecule has 0 N–H and O–H groups in total. The molecule has 0 amide bonds. The number of benzene rings is 3. The maximum absolute atomic E-state index is 14.0. The van der Waals surface area contributed by atoms with E-state index in [0.29, 0.717) is 33.0 Å². The highest BCUT2D eigenvalue weighted by atomic mass is 32.1. The Labute approximate surface area is 235 Å². The second-order valence-corrected chi connectivity index (χ2v) is 10.6. The van der Waals surface area contributed by atoms with Crippen molar-refractivity contribution in [3.8, 4) is 11.5 Å². The molecule has 0 fully saturated rings. The summed E-state index contributed by atoms with van der Waals surface area (Å²) in [5.41, 5.74) is 6.50. The van der Waals surface area contributed by atoms with E-state index in [0.717, 1.165) is 40.8 Å². The van der Waals surface area contributed by atoms with Gasteiger partial charge in [-0.3, -0.25) is 9.36 Å². The van der Waals surface area contributed by atoms with Crippen LogP contribution in [0.15, 0.2) is 82.1 Å². The number of rotatable bonds is 6. The zero-order chi connectivity index (χ0) is 27.8. The number of aromatic nitrogens is 1. The van der Waals surface area contributed by atoms with Crippen LogP contribution in [0.1, 0.15) is 52.0 Å². The monoisotopic (exact) mass is 552 g/mol. The van der Waals surface area contributed by atoms with Crippen LogP contribution in [-0.4, -0.2) is 31.4 Å². The Balaban J connectivity index is 1.54. The van der Waals surface area contributed by atoms with E-state index in [1.54, 1.807) is 23.8 Å². The molecule has 3 aromatic carbocycles. The number of carbonyl (C=O) groups excluding carboxylic acids is 1. The molecule has 7 nitrogen and oxygen atoms in total. The van der Waals surface area contributed by atoms with Gasteiger partial charge in [0.05, 0.1) is 42.7 Å². The van der Waals surface area contributed by atoms with Crippen molar-refractivity contribution in [2.75, 3.05) is 20.8 Å². The average molecular weight is 553 g/mol. The van der Waals surface area contributed by atoms with E-state index in [1.807, 2.05) is 49.4 Å². The first kappa shape index (κ1) is 25.8. The smallest absolute Gasteiger partial charge is 0.337 e. The van der Waals surface area contributed by atoms with Gasteiger partial charge in [-0.1, -0.05) is 53.8 Å². The molecule has 0 spiro atoms. The minimum absolute atomic E-state index is 0.107. The van der Waals surface area contributed by atoms with E-state index >= 15 is 0 Å². The summed E-state index contributed by atoms with van der Waals surface area (Å²) in [5, 5.41) is 0. The maximum Gasteiger partial charge on any atom is 0.337 e. The summed E-state index contributed by atoms with van der Waals surface area (Å²) < 4.78 is 18.4. The molecular weight excluding hydrogens is 524 g/mol. The first-order valence-corrected chi connectivity index (χ1v) is 14.0. The van der Waals surface area contributed by atoms with Gasteiger partial charge in [-0.25, -0.2) is 9.79 Å². The predicted octanol–water partition coefficient (Wildman–Crippen LogP) is 4.51. The average Bonchev–Trinajstić information content (AvgIpc) is 3.30. The third kappa shape index (κ3) is 4.44. The van der Waals surface area contributed by atoms with E-state index in [9.17, 15) is 9.59 Å².